The Balaban J connectivity index is 2.07. The lowest BCUT2D eigenvalue weighted by atomic mass is 10.1. The van der Waals surface area contributed by atoms with Crippen molar-refractivity contribution >= 4 is 21.7 Å². The van der Waals surface area contributed by atoms with Gasteiger partial charge in [0.25, 0.3) is 0 Å². The quantitative estimate of drug-likeness (QED) is 0.740. The van der Waals surface area contributed by atoms with Crippen molar-refractivity contribution in [2.75, 3.05) is 25.4 Å². The van der Waals surface area contributed by atoms with Crippen molar-refractivity contribution in [2.24, 2.45) is 0 Å². The first kappa shape index (κ1) is 19.2. The van der Waals surface area contributed by atoms with Crippen LogP contribution in [0.1, 0.15) is 18.9 Å². The molecule has 0 aliphatic carbocycles. The van der Waals surface area contributed by atoms with Gasteiger partial charge in [-0.1, -0.05) is 31.2 Å². The molecule has 1 aromatic rings. The van der Waals surface area contributed by atoms with Crippen molar-refractivity contribution in [3.63, 3.8) is 0 Å². The second-order valence-electron chi connectivity index (χ2n) is 6.21. The molecule has 0 bridgehead atoms. The smallest absolute Gasteiger partial charge is 0.246 e. The van der Waals surface area contributed by atoms with Gasteiger partial charge in [-0.25, -0.2) is 8.42 Å². The summed E-state index contributed by atoms with van der Waals surface area (Å²) in [6, 6.07) is 6.35. The lowest BCUT2D eigenvalue weighted by molar-refractivity contribution is -0.138. The summed E-state index contributed by atoms with van der Waals surface area (Å²) >= 11 is 0. The molecule has 1 aliphatic heterocycles. The average molecular weight is 364 g/mol. The standard InChI is InChI=1S/C18H24N2O4S/c1-4-15-12-19(10-11-20(15)17(21)5-2)18(22)13-25(23,24)16-8-6-14(3)7-9-16/h5-9,15H,2,4,10-13H2,1,3H3/t15-/m0/s1. The maximum Gasteiger partial charge on any atom is 0.246 e. The van der Waals surface area contributed by atoms with Crippen molar-refractivity contribution in [3.8, 4) is 0 Å². The van der Waals surface area contributed by atoms with E-state index in [-0.39, 0.29) is 16.8 Å². The number of nitrogens with zero attached hydrogens (tertiary/aromatic N) is 2. The Labute approximate surface area is 149 Å². The summed E-state index contributed by atoms with van der Waals surface area (Å²) in [6.07, 6.45) is 1.95. The number of carbonyl (C=O) groups excluding carboxylic acids is 2. The maximum atomic E-state index is 12.5. The summed E-state index contributed by atoms with van der Waals surface area (Å²) in [5.74, 6) is -1.14. The fourth-order valence-corrected chi connectivity index (χ4v) is 4.15. The molecule has 1 heterocycles. The topological polar surface area (TPSA) is 74.8 Å². The Hall–Kier alpha value is -2.15. The fraction of sp³-hybridized carbons (Fsp3) is 0.444. The predicted octanol–water partition coefficient (Wildman–Crippen LogP) is 1.40. The van der Waals surface area contributed by atoms with Gasteiger partial charge in [0.05, 0.1) is 4.90 Å². The molecule has 1 aliphatic rings. The van der Waals surface area contributed by atoms with Crippen LogP contribution < -0.4 is 0 Å². The minimum atomic E-state index is -3.67. The van der Waals surface area contributed by atoms with E-state index >= 15 is 0 Å². The van der Waals surface area contributed by atoms with Crippen LogP contribution in [-0.4, -0.2) is 61.5 Å². The molecular formula is C18H24N2O4S. The molecule has 6 nitrogen and oxygen atoms in total. The van der Waals surface area contributed by atoms with Crippen molar-refractivity contribution in [3.05, 3.63) is 42.5 Å². The van der Waals surface area contributed by atoms with Crippen LogP contribution in [-0.2, 0) is 19.4 Å². The highest BCUT2D eigenvalue weighted by atomic mass is 32.2. The van der Waals surface area contributed by atoms with Gasteiger partial charge in [-0.2, -0.15) is 0 Å². The Morgan fingerprint density at radius 1 is 1.24 bits per heavy atom. The number of benzene rings is 1. The minimum Gasteiger partial charge on any atom is -0.338 e. The van der Waals surface area contributed by atoms with Crippen LogP contribution in [0.2, 0.25) is 0 Å². The number of amides is 2. The zero-order valence-corrected chi connectivity index (χ0v) is 15.5. The molecule has 0 saturated carbocycles. The summed E-state index contributed by atoms with van der Waals surface area (Å²) in [6.45, 7) is 8.37. The first-order chi connectivity index (χ1) is 11.8. The van der Waals surface area contributed by atoms with Crippen LogP contribution >= 0.6 is 0 Å². The molecular weight excluding hydrogens is 340 g/mol. The first-order valence-electron chi connectivity index (χ1n) is 8.28. The van der Waals surface area contributed by atoms with E-state index in [0.717, 1.165) is 5.56 Å². The van der Waals surface area contributed by atoms with E-state index in [4.69, 9.17) is 0 Å². The highest BCUT2D eigenvalue weighted by Gasteiger charge is 2.32. The molecule has 7 heteroatoms. The SMILES string of the molecule is C=CC(=O)N1CCN(C(=O)CS(=O)(=O)c2ccc(C)cc2)C[C@@H]1CC. The van der Waals surface area contributed by atoms with Gasteiger partial charge in [-0.05, 0) is 31.6 Å². The largest absolute Gasteiger partial charge is 0.338 e. The van der Waals surface area contributed by atoms with Gasteiger partial charge < -0.3 is 9.80 Å². The molecule has 2 amide bonds. The Bertz CT molecular complexity index is 756. The number of rotatable bonds is 5. The Morgan fingerprint density at radius 2 is 1.88 bits per heavy atom. The third kappa shape index (κ3) is 4.48. The first-order valence-corrected chi connectivity index (χ1v) is 9.94. The molecule has 0 aromatic heterocycles. The number of sulfone groups is 1. The van der Waals surface area contributed by atoms with E-state index < -0.39 is 21.5 Å². The summed E-state index contributed by atoms with van der Waals surface area (Å²) in [5, 5.41) is 0. The molecule has 1 fully saturated rings. The number of piperazine rings is 1. The van der Waals surface area contributed by atoms with Crippen LogP contribution in [0, 0.1) is 6.92 Å². The number of hydrogen-bond donors (Lipinski definition) is 0. The van der Waals surface area contributed by atoms with E-state index in [1.165, 1.54) is 23.1 Å². The van der Waals surface area contributed by atoms with E-state index in [1.54, 1.807) is 17.0 Å². The monoisotopic (exact) mass is 364 g/mol. The van der Waals surface area contributed by atoms with Gasteiger partial charge in [-0.3, -0.25) is 9.59 Å². The fourth-order valence-electron chi connectivity index (χ4n) is 2.92. The van der Waals surface area contributed by atoms with Crippen LogP contribution in [0.25, 0.3) is 0 Å². The highest BCUT2D eigenvalue weighted by Crippen LogP contribution is 2.17. The van der Waals surface area contributed by atoms with E-state index in [9.17, 15) is 18.0 Å². The molecule has 0 radical (unpaired) electrons. The summed E-state index contributed by atoms with van der Waals surface area (Å²) < 4.78 is 24.9. The van der Waals surface area contributed by atoms with Crippen LogP contribution in [0.15, 0.2) is 41.8 Å². The summed E-state index contributed by atoms with van der Waals surface area (Å²) in [4.78, 5) is 27.7. The average Bonchev–Trinajstić information content (AvgIpc) is 2.60. The molecule has 25 heavy (non-hydrogen) atoms. The second-order valence-corrected chi connectivity index (χ2v) is 8.20. The molecule has 0 N–H and O–H groups in total. The van der Waals surface area contributed by atoms with Crippen molar-refractivity contribution in [1.82, 2.24) is 9.80 Å². The molecule has 1 aromatic carbocycles. The normalized spacial score (nSPS) is 18.1. The zero-order chi connectivity index (χ0) is 18.6. The number of aryl methyl sites for hydroxylation is 1. The van der Waals surface area contributed by atoms with Crippen LogP contribution in [0.4, 0.5) is 0 Å². The summed E-state index contributed by atoms with van der Waals surface area (Å²) in [5.41, 5.74) is 0.957. The molecule has 2 rings (SSSR count). The third-order valence-corrected chi connectivity index (χ3v) is 6.08. The van der Waals surface area contributed by atoms with Crippen LogP contribution in [0.5, 0.6) is 0 Å². The van der Waals surface area contributed by atoms with Crippen molar-refractivity contribution in [2.45, 2.75) is 31.2 Å². The van der Waals surface area contributed by atoms with Crippen LogP contribution in [0.3, 0.4) is 0 Å². The molecule has 136 valence electrons. The maximum absolute atomic E-state index is 12.5. The van der Waals surface area contributed by atoms with Gasteiger partial charge in [0, 0.05) is 25.7 Å². The van der Waals surface area contributed by atoms with E-state index in [0.29, 0.717) is 26.1 Å². The molecule has 1 saturated heterocycles. The second kappa shape index (κ2) is 7.82. The predicted molar refractivity (Wildman–Crippen MR) is 95.8 cm³/mol. The van der Waals surface area contributed by atoms with Crippen molar-refractivity contribution in [1.29, 1.82) is 0 Å². The van der Waals surface area contributed by atoms with Gasteiger partial charge in [0.15, 0.2) is 9.84 Å². The van der Waals surface area contributed by atoms with Gasteiger partial charge in [0.1, 0.15) is 5.75 Å². The Kier molecular flexibility index (Phi) is 6.00. The highest BCUT2D eigenvalue weighted by molar-refractivity contribution is 7.92. The molecule has 0 unspecified atom stereocenters. The van der Waals surface area contributed by atoms with Gasteiger partial charge >= 0.3 is 0 Å². The number of hydrogen-bond acceptors (Lipinski definition) is 4. The molecule has 0 spiro atoms. The van der Waals surface area contributed by atoms with E-state index in [1.807, 2.05) is 13.8 Å². The van der Waals surface area contributed by atoms with Gasteiger partial charge in [0.2, 0.25) is 11.8 Å². The van der Waals surface area contributed by atoms with Crippen molar-refractivity contribution < 1.29 is 18.0 Å². The van der Waals surface area contributed by atoms with Gasteiger partial charge in [-0.15, -0.1) is 0 Å². The van der Waals surface area contributed by atoms with E-state index in [2.05, 4.69) is 6.58 Å². The molecule has 1 atom stereocenters. The summed E-state index contributed by atoms with van der Waals surface area (Å²) in [7, 11) is -3.67. The minimum absolute atomic E-state index is 0.120. The zero-order valence-electron chi connectivity index (χ0n) is 14.6. The lowest BCUT2D eigenvalue weighted by Crippen LogP contribution is -2.56. The number of carbonyl (C=O) groups is 2. The Morgan fingerprint density at radius 3 is 2.44 bits per heavy atom. The third-order valence-electron chi connectivity index (χ3n) is 4.46. The lowest BCUT2D eigenvalue weighted by Gasteiger charge is -2.40.